The van der Waals surface area contributed by atoms with E-state index in [2.05, 4.69) is 32.6 Å². The number of nitrogens with zero attached hydrogens (tertiary/aromatic N) is 4. The van der Waals surface area contributed by atoms with Crippen molar-refractivity contribution in [3.63, 3.8) is 0 Å². The Morgan fingerprint density at radius 3 is 2.54 bits per heavy atom. The van der Waals surface area contributed by atoms with E-state index in [9.17, 15) is 14.0 Å². The van der Waals surface area contributed by atoms with Gasteiger partial charge in [0.05, 0.1) is 6.20 Å². The van der Waals surface area contributed by atoms with Crippen LogP contribution in [0, 0.1) is 6.92 Å². The summed E-state index contributed by atoms with van der Waals surface area (Å²) >= 11 is 0. The highest BCUT2D eigenvalue weighted by molar-refractivity contribution is 6.05. The Kier molecular flexibility index (Phi) is 7.57. The zero-order valence-corrected chi connectivity index (χ0v) is 20.3. The van der Waals surface area contributed by atoms with Crippen molar-refractivity contribution in [2.75, 3.05) is 45.6 Å². The summed E-state index contributed by atoms with van der Waals surface area (Å²) in [6.45, 7) is 5.97. The molecule has 3 aromatic rings. The first-order chi connectivity index (χ1) is 16.9. The molecule has 2 heterocycles. The minimum absolute atomic E-state index is 0.290. The summed E-state index contributed by atoms with van der Waals surface area (Å²) in [4.78, 5) is 29.4. The molecule has 1 aliphatic rings. The van der Waals surface area contributed by atoms with E-state index in [1.807, 2.05) is 25.1 Å². The Labute approximate surface area is 204 Å². The molecule has 2 aromatic carbocycles. The number of carbonyl (C=O) groups is 2. The first-order valence-electron chi connectivity index (χ1n) is 11.7. The lowest BCUT2D eigenvalue weighted by Crippen LogP contribution is -2.44. The van der Waals surface area contributed by atoms with Crippen molar-refractivity contribution in [1.29, 1.82) is 0 Å². The van der Waals surface area contributed by atoms with E-state index in [0.717, 1.165) is 48.4 Å². The highest BCUT2D eigenvalue weighted by Crippen LogP contribution is 2.25. The second kappa shape index (κ2) is 10.8. The Hall–Kier alpha value is -3.56. The van der Waals surface area contributed by atoms with Crippen LogP contribution in [0.5, 0.6) is 0 Å². The number of benzene rings is 2. The fraction of sp³-hybridized carbons (Fsp3) is 0.346. The van der Waals surface area contributed by atoms with Gasteiger partial charge in [-0.2, -0.15) is 9.78 Å². The van der Waals surface area contributed by atoms with Crippen LogP contribution in [-0.2, 0) is 13.2 Å². The van der Waals surface area contributed by atoms with Gasteiger partial charge in [0.25, 0.3) is 5.91 Å². The number of halogens is 1. The maximum atomic E-state index is 13.8. The molecule has 1 saturated heterocycles. The summed E-state index contributed by atoms with van der Waals surface area (Å²) < 4.78 is 15.0. The molecule has 1 aliphatic heterocycles. The Balaban J connectivity index is 1.49. The van der Waals surface area contributed by atoms with Gasteiger partial charge in [-0.15, -0.1) is 0 Å². The third-order valence-electron chi connectivity index (χ3n) is 6.41. The van der Waals surface area contributed by atoms with E-state index in [-0.39, 0.29) is 11.9 Å². The number of hydrogen-bond donors (Lipinski definition) is 2. The number of hydrogen-bond acceptors (Lipinski definition) is 5. The Bertz CT molecular complexity index is 1220. The van der Waals surface area contributed by atoms with Crippen molar-refractivity contribution in [3.05, 3.63) is 71.0 Å². The maximum Gasteiger partial charge on any atom is 0.341 e. The number of piperazine rings is 1. The van der Waals surface area contributed by atoms with Gasteiger partial charge in [0.2, 0.25) is 0 Å². The van der Waals surface area contributed by atoms with Crippen LogP contribution in [0.25, 0.3) is 11.1 Å². The highest BCUT2D eigenvalue weighted by atomic mass is 19.1. The average molecular weight is 479 g/mol. The highest BCUT2D eigenvalue weighted by Gasteiger charge is 2.17. The average Bonchev–Trinajstić information content (AvgIpc) is 3.36. The molecule has 0 spiro atoms. The van der Waals surface area contributed by atoms with Crippen molar-refractivity contribution < 1.29 is 14.0 Å². The van der Waals surface area contributed by atoms with E-state index >= 15 is 0 Å². The number of aryl methyl sites for hydroxylation is 1. The molecule has 8 nitrogen and oxygen atoms in total. The molecule has 0 atom stereocenters. The number of likely N-dealkylation sites (N-methyl/N-ethyl adjacent to an activating group) is 1. The summed E-state index contributed by atoms with van der Waals surface area (Å²) in [5, 5.41) is 9.49. The van der Waals surface area contributed by atoms with Crippen LogP contribution in [0.15, 0.2) is 48.8 Å². The topological polar surface area (TPSA) is 82.5 Å². The third kappa shape index (κ3) is 5.75. The van der Waals surface area contributed by atoms with E-state index in [1.165, 1.54) is 11.7 Å². The van der Waals surface area contributed by atoms with Crippen LogP contribution in [0.3, 0.4) is 0 Å². The fourth-order valence-corrected chi connectivity index (χ4v) is 4.19. The minimum Gasteiger partial charge on any atom is -0.339 e. The first kappa shape index (κ1) is 24.6. The van der Waals surface area contributed by atoms with Gasteiger partial charge in [-0.25, -0.2) is 9.18 Å². The first-order valence-corrected chi connectivity index (χ1v) is 11.7. The predicted octanol–water partition coefficient (Wildman–Crippen LogP) is 3.52. The molecule has 2 amide bonds. The second-order valence-corrected chi connectivity index (χ2v) is 8.91. The van der Waals surface area contributed by atoms with Crippen molar-refractivity contribution in [1.82, 2.24) is 24.9 Å². The second-order valence-electron chi connectivity index (χ2n) is 8.91. The van der Waals surface area contributed by atoms with Gasteiger partial charge in [-0.1, -0.05) is 12.1 Å². The molecule has 35 heavy (non-hydrogen) atoms. The van der Waals surface area contributed by atoms with E-state index in [1.54, 1.807) is 30.6 Å². The molecular weight excluding hydrogens is 447 g/mol. The summed E-state index contributed by atoms with van der Waals surface area (Å²) in [5.74, 6) is -0.290. The monoisotopic (exact) mass is 478 g/mol. The largest absolute Gasteiger partial charge is 0.341 e. The van der Waals surface area contributed by atoms with Gasteiger partial charge >= 0.3 is 6.03 Å². The van der Waals surface area contributed by atoms with Crippen LogP contribution in [-0.4, -0.2) is 71.8 Å². The molecule has 1 fully saturated rings. The predicted molar refractivity (Wildman–Crippen MR) is 134 cm³/mol. The van der Waals surface area contributed by atoms with Crippen molar-refractivity contribution in [2.45, 2.75) is 20.1 Å². The standard InChI is InChI=1S/C26H31FN6O2/c1-18-4-5-19(13-24(18)22-15-29-33(17-22)26(35)28-2)25(34)30-23-7-6-20(21(12-23)14-27)16-32-10-8-31(3)9-11-32/h4-7,12-13,15,17H,8-11,14,16H2,1-3H3,(H,28,35)(H,30,34). The fourth-order valence-electron chi connectivity index (χ4n) is 4.19. The number of alkyl halides is 1. The SMILES string of the molecule is CNC(=O)n1cc(-c2cc(C(=O)Nc3ccc(CN4CCN(C)CC4)c(CF)c3)ccc2C)cn1. The van der Waals surface area contributed by atoms with Crippen LogP contribution in [0.2, 0.25) is 0 Å². The van der Waals surface area contributed by atoms with Gasteiger partial charge in [0.15, 0.2) is 0 Å². The molecule has 9 heteroatoms. The van der Waals surface area contributed by atoms with Crippen LogP contribution < -0.4 is 10.6 Å². The van der Waals surface area contributed by atoms with Gasteiger partial charge in [0.1, 0.15) is 6.67 Å². The number of rotatable bonds is 6. The summed E-state index contributed by atoms with van der Waals surface area (Å²) in [6, 6.07) is 10.5. The smallest absolute Gasteiger partial charge is 0.339 e. The molecule has 0 aliphatic carbocycles. The van der Waals surface area contributed by atoms with Gasteiger partial charge < -0.3 is 15.5 Å². The molecular formula is C26H31FN6O2. The lowest BCUT2D eigenvalue weighted by atomic mass is 10.00. The quantitative estimate of drug-likeness (QED) is 0.567. The molecule has 4 rings (SSSR count). The molecule has 0 radical (unpaired) electrons. The zero-order chi connectivity index (χ0) is 24.9. The van der Waals surface area contributed by atoms with E-state index in [4.69, 9.17) is 0 Å². The number of amides is 2. The molecule has 0 bridgehead atoms. The van der Waals surface area contributed by atoms with Crippen molar-refractivity contribution in [2.24, 2.45) is 0 Å². The number of carbonyl (C=O) groups excluding carboxylic acids is 2. The third-order valence-corrected chi connectivity index (χ3v) is 6.41. The van der Waals surface area contributed by atoms with E-state index in [0.29, 0.717) is 23.4 Å². The molecule has 184 valence electrons. The van der Waals surface area contributed by atoms with Crippen LogP contribution in [0.1, 0.15) is 27.0 Å². The summed E-state index contributed by atoms with van der Waals surface area (Å²) in [7, 11) is 3.64. The minimum atomic E-state index is -0.587. The van der Waals surface area contributed by atoms with Gasteiger partial charge in [-0.05, 0) is 60.5 Å². The Morgan fingerprint density at radius 2 is 1.83 bits per heavy atom. The van der Waals surface area contributed by atoms with Crippen molar-refractivity contribution >= 4 is 17.6 Å². The lowest BCUT2D eigenvalue weighted by molar-refractivity contribution is 0.102. The zero-order valence-electron chi connectivity index (χ0n) is 20.3. The normalized spacial score (nSPS) is 14.6. The number of anilines is 1. The summed E-state index contributed by atoms with van der Waals surface area (Å²) in [6.07, 6.45) is 3.21. The van der Waals surface area contributed by atoms with E-state index < -0.39 is 6.67 Å². The number of aromatic nitrogens is 2. The Morgan fingerprint density at radius 1 is 1.06 bits per heavy atom. The maximum absolute atomic E-state index is 13.8. The number of nitrogens with one attached hydrogen (secondary N) is 2. The molecule has 1 aromatic heterocycles. The molecule has 0 saturated carbocycles. The lowest BCUT2D eigenvalue weighted by Gasteiger charge is -2.32. The molecule has 2 N–H and O–H groups in total. The van der Waals surface area contributed by atoms with Gasteiger partial charge in [0, 0.05) is 62.8 Å². The van der Waals surface area contributed by atoms with Crippen LogP contribution >= 0.6 is 0 Å². The van der Waals surface area contributed by atoms with Crippen LogP contribution in [0.4, 0.5) is 14.9 Å². The van der Waals surface area contributed by atoms with Gasteiger partial charge in [-0.3, -0.25) is 9.69 Å². The summed E-state index contributed by atoms with van der Waals surface area (Å²) in [5.41, 5.74) is 5.04. The van der Waals surface area contributed by atoms with Crippen molar-refractivity contribution in [3.8, 4) is 11.1 Å². The molecule has 0 unspecified atom stereocenters.